The molecule has 1 aromatic carbocycles. The summed E-state index contributed by atoms with van der Waals surface area (Å²) in [6, 6.07) is -2.37. The number of nitrogens with zero attached hydrogens (tertiary/aromatic N) is 6. The van der Waals surface area contributed by atoms with E-state index < -0.39 is 233 Å². The van der Waals surface area contributed by atoms with Gasteiger partial charge in [-0.1, -0.05) is 34.7 Å². The van der Waals surface area contributed by atoms with Crippen molar-refractivity contribution in [2.75, 3.05) is 26.2 Å². The third-order valence-electron chi connectivity index (χ3n) is 19.7. The third kappa shape index (κ3) is 15.2. The number of aliphatic hydroxyl groups is 12. The first-order valence-electron chi connectivity index (χ1n) is 32.4. The lowest BCUT2D eigenvalue weighted by molar-refractivity contribution is -0.306. The van der Waals surface area contributed by atoms with Crippen molar-refractivity contribution >= 4 is 0 Å². The topological polar surface area (TPSA) is 727 Å². The number of hydrogen-bond acceptors (Lipinski definition) is 40. The summed E-state index contributed by atoms with van der Waals surface area (Å²) in [7, 11) is 0. The lowest BCUT2D eigenvalue weighted by atomic mass is 9.84. The van der Waals surface area contributed by atoms with E-state index in [-0.39, 0.29) is 52.1 Å². The van der Waals surface area contributed by atoms with E-state index in [0.29, 0.717) is 22.5 Å². The molecule has 2 aliphatic carbocycles. The van der Waals surface area contributed by atoms with Crippen LogP contribution in [0.4, 0.5) is 0 Å². The van der Waals surface area contributed by atoms with Crippen molar-refractivity contribution in [2.45, 2.75) is 259 Å². The number of rotatable bonds is 22. The van der Waals surface area contributed by atoms with E-state index in [1.807, 2.05) is 0 Å². The molecule has 0 bridgehead atoms. The van der Waals surface area contributed by atoms with Crippen LogP contribution in [0, 0.1) is 0 Å². The van der Waals surface area contributed by atoms with Crippen LogP contribution in [-0.4, -0.2) is 350 Å². The molecular formula is C56H96N18O24. The Morgan fingerprint density at radius 2 is 0.592 bits per heavy atom. The Hall–Kier alpha value is -3.94. The van der Waals surface area contributed by atoms with Crippen LogP contribution in [0.3, 0.4) is 0 Å². The maximum Gasteiger partial charge on any atom is 0.187 e. The Morgan fingerprint density at radius 1 is 0.327 bits per heavy atom. The lowest BCUT2D eigenvalue weighted by Gasteiger charge is -2.47. The molecule has 0 amide bonds. The van der Waals surface area contributed by atoms with Crippen LogP contribution < -0.4 is 68.8 Å². The first kappa shape index (κ1) is 75.2. The highest BCUT2D eigenvalue weighted by Gasteiger charge is 2.58. The van der Waals surface area contributed by atoms with Gasteiger partial charge in [0, 0.05) is 61.5 Å². The summed E-state index contributed by atoms with van der Waals surface area (Å²) in [4.78, 5) is 0. The molecule has 0 radical (unpaired) electrons. The Balaban J connectivity index is 0.796. The van der Waals surface area contributed by atoms with Gasteiger partial charge in [0.1, 0.15) is 146 Å². The number of ether oxygens (including phenoxy) is 12. The normalized spacial score (nSPS) is 48.0. The molecule has 8 fully saturated rings. The van der Waals surface area contributed by atoms with Crippen molar-refractivity contribution in [1.82, 2.24) is 30.0 Å². The van der Waals surface area contributed by atoms with Crippen molar-refractivity contribution in [2.24, 2.45) is 68.8 Å². The van der Waals surface area contributed by atoms with E-state index in [2.05, 4.69) is 20.6 Å². The number of nitrogens with two attached hydrogens (primary N) is 12. The van der Waals surface area contributed by atoms with Crippen LogP contribution in [0.15, 0.2) is 36.7 Å². The van der Waals surface area contributed by atoms with Crippen LogP contribution in [0.2, 0.25) is 0 Å². The Morgan fingerprint density at radius 3 is 0.878 bits per heavy atom. The van der Waals surface area contributed by atoms with Gasteiger partial charge in [-0.25, -0.2) is 9.36 Å². The molecular weight excluding hydrogens is 1310 g/mol. The van der Waals surface area contributed by atoms with Gasteiger partial charge < -0.3 is 187 Å². The minimum Gasteiger partial charge on any atom is -0.389 e. The second-order valence-corrected chi connectivity index (χ2v) is 26.4. The van der Waals surface area contributed by atoms with E-state index >= 15 is 0 Å². The van der Waals surface area contributed by atoms with Gasteiger partial charge in [-0.2, -0.15) is 0 Å². The number of benzene rings is 1. The maximum absolute atomic E-state index is 12.1. The van der Waals surface area contributed by atoms with Crippen LogP contribution in [0.5, 0.6) is 0 Å². The second-order valence-electron chi connectivity index (χ2n) is 26.4. The minimum absolute atomic E-state index is 0.00897. The number of aliphatic hydroxyl groups excluding tert-OH is 12. The summed E-state index contributed by atoms with van der Waals surface area (Å²) in [5.41, 5.74) is 76.0. The molecule has 42 heteroatoms. The summed E-state index contributed by atoms with van der Waals surface area (Å²) >= 11 is 0. The SMILES string of the molecule is NCC1O[C@H](OC2C(N)C[C@@H](N)C(O)[C@H]2O[C@@H]2O[C@H](Cn3cc(-c4ccc(-c5cn(C[C@H]6O[C@@H](O[C@H]7C(O[C@H]8OC(CN)C(O)[C@H](O)C8N)C(N)C[C@@H](N)C7O)C(O)C6O[C@H]6O[C@@H](CN)C(O)C(O)C6N)nn5)cc4)nn3)C(O[C@H]3O[C@@H](CN)C(O)C(O)C3N)C2O)C(N)[C@@H](O)C1O. The smallest absolute Gasteiger partial charge is 0.187 e. The highest BCUT2D eigenvalue weighted by Crippen LogP contribution is 2.39. The van der Waals surface area contributed by atoms with E-state index in [0.717, 1.165) is 0 Å². The fourth-order valence-corrected chi connectivity index (χ4v) is 13.7. The van der Waals surface area contributed by atoms with Gasteiger partial charge in [0.05, 0.1) is 61.9 Å². The summed E-state index contributed by atoms with van der Waals surface area (Å²) in [6.45, 7) is -1.36. The zero-order valence-electron chi connectivity index (χ0n) is 52.9. The average molecular weight is 1410 g/mol. The molecule has 2 saturated carbocycles. The van der Waals surface area contributed by atoms with E-state index in [9.17, 15) is 61.3 Å². The molecule has 36 N–H and O–H groups in total. The van der Waals surface area contributed by atoms with Gasteiger partial charge in [-0.05, 0) is 12.8 Å². The van der Waals surface area contributed by atoms with Crippen molar-refractivity contribution in [3.8, 4) is 22.5 Å². The molecule has 2 aromatic heterocycles. The van der Waals surface area contributed by atoms with Gasteiger partial charge in [-0.15, -0.1) is 10.2 Å². The molecule has 8 aliphatic rings. The third-order valence-corrected chi connectivity index (χ3v) is 19.7. The van der Waals surface area contributed by atoms with E-state index in [1.165, 1.54) is 9.36 Å². The number of hydrogen-bond donors (Lipinski definition) is 24. The Bertz CT molecular complexity index is 2820. The zero-order chi connectivity index (χ0) is 70.6. The van der Waals surface area contributed by atoms with Gasteiger partial charge in [-0.3, -0.25) is 0 Å². The fraction of sp³-hybridized carbons (Fsp3) is 0.821. The monoisotopic (exact) mass is 1400 g/mol. The quantitative estimate of drug-likeness (QED) is 0.0444. The molecule has 38 atom stereocenters. The fourth-order valence-electron chi connectivity index (χ4n) is 13.7. The van der Waals surface area contributed by atoms with Gasteiger partial charge >= 0.3 is 0 Å². The average Bonchev–Trinajstić information content (AvgIpc) is 1.42. The molecule has 0 spiro atoms. The molecule has 98 heavy (non-hydrogen) atoms. The van der Waals surface area contributed by atoms with Gasteiger partial charge in [0.25, 0.3) is 0 Å². The molecule has 3 aromatic rings. The van der Waals surface area contributed by atoms with Gasteiger partial charge in [0.2, 0.25) is 0 Å². The first-order chi connectivity index (χ1) is 46.6. The summed E-state index contributed by atoms with van der Waals surface area (Å²) in [5, 5.41) is 150. The van der Waals surface area contributed by atoms with Crippen molar-refractivity contribution in [3.05, 3.63) is 36.7 Å². The largest absolute Gasteiger partial charge is 0.389 e. The summed E-state index contributed by atoms with van der Waals surface area (Å²) < 4.78 is 76.5. The predicted octanol–water partition coefficient (Wildman–Crippen LogP) is -15.5. The molecule has 8 heterocycles. The van der Waals surface area contributed by atoms with Crippen LogP contribution >= 0.6 is 0 Å². The zero-order valence-corrected chi connectivity index (χ0v) is 52.9. The molecule has 22 unspecified atom stereocenters. The molecule has 11 rings (SSSR count). The van der Waals surface area contributed by atoms with Crippen LogP contribution in [-0.2, 0) is 69.9 Å². The van der Waals surface area contributed by atoms with Crippen LogP contribution in [0.25, 0.3) is 22.5 Å². The van der Waals surface area contributed by atoms with E-state index in [4.69, 9.17) is 126 Å². The first-order valence-corrected chi connectivity index (χ1v) is 32.4. The molecule has 554 valence electrons. The van der Waals surface area contributed by atoms with Crippen molar-refractivity contribution in [1.29, 1.82) is 0 Å². The summed E-state index contributed by atoms with van der Waals surface area (Å²) in [6.07, 6.45) is -39.8. The predicted molar refractivity (Wildman–Crippen MR) is 327 cm³/mol. The minimum atomic E-state index is -1.73. The molecule has 42 nitrogen and oxygen atoms in total. The lowest BCUT2D eigenvalue weighted by Crippen LogP contribution is -2.68. The van der Waals surface area contributed by atoms with Crippen LogP contribution in [0.1, 0.15) is 12.8 Å². The highest BCUT2D eigenvalue weighted by atomic mass is 16.8. The molecule has 6 saturated heterocycles. The van der Waals surface area contributed by atoms with Crippen molar-refractivity contribution < 1.29 is 118 Å². The maximum atomic E-state index is 12.1. The molecule has 6 aliphatic heterocycles. The van der Waals surface area contributed by atoms with E-state index in [1.54, 1.807) is 36.7 Å². The summed E-state index contributed by atoms with van der Waals surface area (Å²) in [5.74, 6) is 0. The standard InChI is InChI=1S/C56H96N18O24/c57-7-23-35(77)39(81)29(65)51(87-23)93-45-19(63)5-17(61)33(75)49(45)97-55-43(85)47(95-53-31(67)41(83)37(79)25(9-59)89-53)27(91-55)13-73-11-21(69-71-73)15-1-2-16(4-3-15)22-12-74(72-70-22)14-28-48(96-54-32(68)42(84)38(80)26(10-60)90-54)44(86)56(92-28)98-50-34(76)18(62)6-20(64)46(50)94-52-30(66)40(82)36(78)24(8-58)88-52/h1-4,11-12,17-20,23-56,75-86H,5-10,13-14,57-68H2/t17-,18-,19?,20?,23?,24?,25+,26+,27-,28-,29?,30?,31?,32?,33?,34?,35?,36?,37?,38?,39-,40-,41?,42?,43?,44?,45?,46?,47?,48?,49-,50-,51-,52-,53-,54-,55+,56+/m1/s1. The van der Waals surface area contributed by atoms with Gasteiger partial charge in [0.15, 0.2) is 37.7 Å². The number of aromatic nitrogens is 6. The highest BCUT2D eigenvalue weighted by molar-refractivity contribution is 5.65. The van der Waals surface area contributed by atoms with Crippen molar-refractivity contribution in [3.63, 3.8) is 0 Å². The second kappa shape index (κ2) is 31.6. The Kier molecular flexibility index (Phi) is 24.2. The Labute approximate surface area is 559 Å².